The van der Waals surface area contributed by atoms with Crippen LogP contribution in [0.25, 0.3) is 0 Å². The summed E-state index contributed by atoms with van der Waals surface area (Å²) in [5.41, 5.74) is 0.856. The highest BCUT2D eigenvalue weighted by atomic mass is 35.5. The molecule has 27 heavy (non-hydrogen) atoms. The number of rotatable bonds is 6. The molecule has 0 aliphatic rings. The van der Waals surface area contributed by atoms with Gasteiger partial charge in [0, 0.05) is 5.69 Å². The van der Waals surface area contributed by atoms with Crippen molar-refractivity contribution >= 4 is 52.4 Å². The zero-order chi connectivity index (χ0) is 19.8. The Balaban J connectivity index is 1.89. The van der Waals surface area contributed by atoms with E-state index in [0.717, 1.165) is 0 Å². The molecule has 0 aliphatic heterocycles. The number of hydrogen-bond acceptors (Lipinski definition) is 5. The maximum Gasteiger partial charge on any atom is 0.338 e. The van der Waals surface area contributed by atoms with Crippen molar-refractivity contribution in [1.29, 1.82) is 5.26 Å². The van der Waals surface area contributed by atoms with Crippen molar-refractivity contribution in [3.05, 3.63) is 58.1 Å². The van der Waals surface area contributed by atoms with E-state index in [2.05, 4.69) is 10.6 Å². The lowest BCUT2D eigenvalue weighted by molar-refractivity contribution is -0.119. The number of halogens is 2. The average Bonchev–Trinajstić information content (AvgIpc) is 2.63. The lowest BCUT2D eigenvalue weighted by atomic mass is 10.2. The quantitative estimate of drug-likeness (QED) is 0.712. The molecule has 0 aliphatic carbocycles. The first-order valence-electron chi connectivity index (χ1n) is 7.58. The van der Waals surface area contributed by atoms with Gasteiger partial charge in [-0.25, -0.2) is 4.79 Å². The van der Waals surface area contributed by atoms with Crippen LogP contribution in [0.1, 0.15) is 16.8 Å². The average molecular weight is 406 g/mol. The second-order valence-corrected chi connectivity index (χ2v) is 6.00. The summed E-state index contributed by atoms with van der Waals surface area (Å²) < 4.78 is 4.93. The molecule has 138 valence electrons. The van der Waals surface area contributed by atoms with E-state index in [9.17, 15) is 14.4 Å². The number of carbonyl (C=O) groups excluding carboxylic acids is 3. The van der Waals surface area contributed by atoms with E-state index in [1.54, 1.807) is 24.3 Å². The molecule has 2 N–H and O–H groups in total. The Morgan fingerprint density at radius 1 is 0.963 bits per heavy atom. The van der Waals surface area contributed by atoms with Crippen molar-refractivity contribution in [2.75, 3.05) is 17.2 Å². The van der Waals surface area contributed by atoms with E-state index in [0.29, 0.717) is 5.69 Å². The first-order chi connectivity index (χ1) is 12.9. The van der Waals surface area contributed by atoms with Crippen LogP contribution < -0.4 is 10.6 Å². The monoisotopic (exact) mass is 405 g/mol. The Labute approximate surface area is 164 Å². The number of nitriles is 1. The van der Waals surface area contributed by atoms with Crippen LogP contribution in [0.4, 0.5) is 11.4 Å². The molecule has 7 nitrogen and oxygen atoms in total. The zero-order valence-corrected chi connectivity index (χ0v) is 15.3. The fourth-order valence-electron chi connectivity index (χ4n) is 1.97. The molecule has 0 aromatic heterocycles. The Kier molecular flexibility index (Phi) is 7.17. The van der Waals surface area contributed by atoms with Gasteiger partial charge in [-0.05, 0) is 36.4 Å². The van der Waals surface area contributed by atoms with Gasteiger partial charge in [-0.2, -0.15) is 5.26 Å². The summed E-state index contributed by atoms with van der Waals surface area (Å²) in [7, 11) is 0. The van der Waals surface area contributed by atoms with Crippen molar-refractivity contribution in [1.82, 2.24) is 0 Å². The van der Waals surface area contributed by atoms with E-state index >= 15 is 0 Å². The van der Waals surface area contributed by atoms with E-state index in [4.69, 9.17) is 33.2 Å². The largest absolute Gasteiger partial charge is 0.452 e. The molecule has 2 aromatic carbocycles. The Hall–Kier alpha value is -3.08. The number of amides is 2. The minimum absolute atomic E-state index is 0.192. The van der Waals surface area contributed by atoms with Gasteiger partial charge in [0.2, 0.25) is 5.91 Å². The molecule has 2 amide bonds. The molecule has 2 aromatic rings. The summed E-state index contributed by atoms with van der Waals surface area (Å²) in [6, 6.07) is 12.3. The minimum Gasteiger partial charge on any atom is -0.452 e. The summed E-state index contributed by atoms with van der Waals surface area (Å²) >= 11 is 11.9. The summed E-state index contributed by atoms with van der Waals surface area (Å²) in [4.78, 5) is 35.2. The van der Waals surface area contributed by atoms with Gasteiger partial charge in [0.1, 0.15) is 6.42 Å². The fourth-order valence-corrected chi connectivity index (χ4v) is 2.47. The molecule has 0 spiro atoms. The van der Waals surface area contributed by atoms with Crippen molar-refractivity contribution in [3.8, 4) is 6.07 Å². The highest BCUT2D eigenvalue weighted by Gasteiger charge is 2.13. The molecule has 0 heterocycles. The van der Waals surface area contributed by atoms with Crippen LogP contribution in [-0.2, 0) is 14.3 Å². The van der Waals surface area contributed by atoms with Gasteiger partial charge < -0.3 is 15.4 Å². The van der Waals surface area contributed by atoms with Crippen molar-refractivity contribution < 1.29 is 19.1 Å². The topological polar surface area (TPSA) is 108 Å². The highest BCUT2D eigenvalue weighted by molar-refractivity contribution is 6.39. The smallest absolute Gasteiger partial charge is 0.338 e. The van der Waals surface area contributed by atoms with Gasteiger partial charge in [0.05, 0.1) is 27.4 Å². The van der Waals surface area contributed by atoms with Crippen LogP contribution in [0, 0.1) is 11.3 Å². The van der Waals surface area contributed by atoms with E-state index < -0.39 is 24.4 Å². The summed E-state index contributed by atoms with van der Waals surface area (Å²) in [5.74, 6) is -1.77. The first kappa shape index (κ1) is 20.2. The molecule has 9 heteroatoms. The molecule has 0 radical (unpaired) electrons. The predicted molar refractivity (Wildman–Crippen MR) is 101 cm³/mol. The van der Waals surface area contributed by atoms with Crippen LogP contribution in [0.15, 0.2) is 42.5 Å². The van der Waals surface area contributed by atoms with Crippen molar-refractivity contribution in [2.45, 2.75) is 6.42 Å². The van der Waals surface area contributed by atoms with Crippen molar-refractivity contribution in [3.63, 3.8) is 0 Å². The Bertz CT molecular complexity index is 888. The molecular formula is C18H13Cl2N3O4. The molecular weight excluding hydrogens is 393 g/mol. The molecule has 0 fully saturated rings. The number of carbonyl (C=O) groups is 3. The molecule has 0 atom stereocenters. The molecule has 2 rings (SSSR count). The number of anilines is 2. The molecule has 0 unspecified atom stereocenters. The van der Waals surface area contributed by atoms with Crippen LogP contribution in [0.3, 0.4) is 0 Å². The Morgan fingerprint density at radius 3 is 2.19 bits per heavy atom. The van der Waals surface area contributed by atoms with E-state index in [1.807, 2.05) is 0 Å². The maximum atomic E-state index is 12.0. The van der Waals surface area contributed by atoms with Gasteiger partial charge in [-0.15, -0.1) is 0 Å². The fraction of sp³-hybridized carbons (Fsp3) is 0.111. The second kappa shape index (κ2) is 9.57. The normalized spacial score (nSPS) is 9.81. The second-order valence-electron chi connectivity index (χ2n) is 5.18. The standard InChI is InChI=1S/C18H13Cl2N3O4/c19-13-2-1-3-14(20)17(13)23-16(25)10-27-18(26)11-4-6-12(7-5-11)22-15(24)8-9-21/h1-7H,8,10H2,(H,22,24)(H,23,25). The zero-order valence-electron chi connectivity index (χ0n) is 13.8. The summed E-state index contributed by atoms with van der Waals surface area (Å²) in [6.45, 7) is -0.527. The first-order valence-corrected chi connectivity index (χ1v) is 8.34. The van der Waals surface area contributed by atoms with Gasteiger partial charge in [-0.1, -0.05) is 29.3 Å². The molecule has 0 saturated carbocycles. The van der Waals surface area contributed by atoms with Crippen LogP contribution >= 0.6 is 23.2 Å². The lowest BCUT2D eigenvalue weighted by Gasteiger charge is -2.10. The van der Waals surface area contributed by atoms with E-state index in [1.165, 1.54) is 24.3 Å². The summed E-state index contributed by atoms with van der Waals surface area (Å²) in [5, 5.41) is 13.9. The van der Waals surface area contributed by atoms with Gasteiger partial charge in [-0.3, -0.25) is 9.59 Å². The molecule has 0 bridgehead atoms. The third-order valence-corrected chi connectivity index (χ3v) is 3.84. The number of ether oxygens (including phenoxy) is 1. The number of hydrogen-bond donors (Lipinski definition) is 2. The number of nitrogens with zero attached hydrogens (tertiary/aromatic N) is 1. The number of esters is 1. The highest BCUT2D eigenvalue weighted by Crippen LogP contribution is 2.29. The minimum atomic E-state index is -0.717. The van der Waals surface area contributed by atoms with Crippen LogP contribution in [-0.4, -0.2) is 24.4 Å². The molecule has 0 saturated heterocycles. The maximum absolute atomic E-state index is 12.0. The summed E-state index contributed by atoms with van der Waals surface area (Å²) in [6.07, 6.45) is -0.269. The lowest BCUT2D eigenvalue weighted by Crippen LogP contribution is -2.21. The van der Waals surface area contributed by atoms with Gasteiger partial charge in [0.15, 0.2) is 6.61 Å². The predicted octanol–water partition coefficient (Wildman–Crippen LogP) is 3.64. The van der Waals surface area contributed by atoms with Crippen molar-refractivity contribution in [2.24, 2.45) is 0 Å². The number of nitrogens with one attached hydrogen (secondary N) is 2. The Morgan fingerprint density at radius 2 is 1.59 bits per heavy atom. The third kappa shape index (κ3) is 5.99. The van der Waals surface area contributed by atoms with Gasteiger partial charge in [0.25, 0.3) is 5.91 Å². The van der Waals surface area contributed by atoms with Crippen LogP contribution in [0.5, 0.6) is 0 Å². The third-order valence-electron chi connectivity index (χ3n) is 3.21. The number of para-hydroxylation sites is 1. The SMILES string of the molecule is N#CCC(=O)Nc1ccc(C(=O)OCC(=O)Nc2c(Cl)cccc2Cl)cc1. The van der Waals surface area contributed by atoms with E-state index in [-0.39, 0.29) is 27.7 Å². The van der Waals surface area contributed by atoms with Gasteiger partial charge >= 0.3 is 5.97 Å². The number of benzene rings is 2. The van der Waals surface area contributed by atoms with Crippen LogP contribution in [0.2, 0.25) is 10.0 Å².